The van der Waals surface area contributed by atoms with Gasteiger partial charge in [0.15, 0.2) is 6.29 Å². The van der Waals surface area contributed by atoms with Crippen molar-refractivity contribution in [3.8, 4) is 6.07 Å². The van der Waals surface area contributed by atoms with Gasteiger partial charge in [-0.15, -0.1) is 0 Å². The van der Waals surface area contributed by atoms with E-state index in [9.17, 15) is 0 Å². The van der Waals surface area contributed by atoms with Gasteiger partial charge in [0.05, 0.1) is 25.2 Å². The predicted octanol–water partition coefficient (Wildman–Crippen LogP) is 1.41. The lowest BCUT2D eigenvalue weighted by molar-refractivity contribution is -0.0592. The molecule has 2 unspecified atom stereocenters. The third-order valence-corrected chi connectivity index (χ3v) is 2.05. The normalized spacial score (nSPS) is 25.9. The first-order valence-corrected chi connectivity index (χ1v) is 4.44. The van der Waals surface area contributed by atoms with Gasteiger partial charge in [0.25, 0.3) is 0 Å². The van der Waals surface area contributed by atoms with E-state index in [1.54, 1.807) is 12.4 Å². The Balaban J connectivity index is 2.00. The summed E-state index contributed by atoms with van der Waals surface area (Å²) in [5, 5.41) is 8.49. The number of hydrogen-bond donors (Lipinski definition) is 0. The van der Waals surface area contributed by atoms with Crippen LogP contribution in [0.25, 0.3) is 0 Å². The number of hydrogen-bond acceptors (Lipinski definition) is 4. The lowest BCUT2D eigenvalue weighted by Crippen LogP contribution is -2.07. The minimum Gasteiger partial charge on any atom is -0.346 e. The van der Waals surface area contributed by atoms with Gasteiger partial charge in [0.1, 0.15) is 0 Å². The Morgan fingerprint density at radius 2 is 2.29 bits per heavy atom. The third-order valence-electron chi connectivity index (χ3n) is 2.05. The fourth-order valence-corrected chi connectivity index (χ4v) is 1.35. The Morgan fingerprint density at radius 1 is 1.50 bits per heavy atom. The molecule has 4 nitrogen and oxygen atoms in total. The standard InChI is InChI=1S/C10H10N2O2/c11-4-1-9-7-13-10(14-9)8-2-5-12-6-3-8/h2-3,5-6,9-10H,1,7H2. The number of ether oxygens (including phenoxy) is 2. The fourth-order valence-electron chi connectivity index (χ4n) is 1.35. The molecule has 0 aromatic carbocycles. The van der Waals surface area contributed by atoms with E-state index in [-0.39, 0.29) is 12.4 Å². The van der Waals surface area contributed by atoms with Crippen molar-refractivity contribution >= 4 is 0 Å². The van der Waals surface area contributed by atoms with E-state index in [1.807, 2.05) is 12.1 Å². The molecule has 72 valence electrons. The molecule has 0 radical (unpaired) electrons. The molecule has 0 amide bonds. The minimum absolute atomic E-state index is 0.0989. The lowest BCUT2D eigenvalue weighted by Gasteiger charge is -2.09. The van der Waals surface area contributed by atoms with Crippen LogP contribution in [-0.4, -0.2) is 17.7 Å². The van der Waals surface area contributed by atoms with Crippen LogP contribution >= 0.6 is 0 Å². The largest absolute Gasteiger partial charge is 0.346 e. The van der Waals surface area contributed by atoms with Gasteiger partial charge in [0, 0.05) is 18.0 Å². The number of nitrogens with zero attached hydrogens (tertiary/aromatic N) is 2. The monoisotopic (exact) mass is 190 g/mol. The maximum absolute atomic E-state index is 8.49. The van der Waals surface area contributed by atoms with Crippen LogP contribution in [0.4, 0.5) is 0 Å². The molecule has 1 fully saturated rings. The van der Waals surface area contributed by atoms with Crippen molar-refractivity contribution in [3.05, 3.63) is 30.1 Å². The Hall–Kier alpha value is -1.44. The second-order valence-corrected chi connectivity index (χ2v) is 3.07. The number of aromatic nitrogens is 1. The summed E-state index contributed by atoms with van der Waals surface area (Å²) in [6.45, 7) is 0.487. The highest BCUT2D eigenvalue weighted by molar-refractivity contribution is 5.12. The zero-order valence-electron chi connectivity index (χ0n) is 7.59. The topological polar surface area (TPSA) is 55.1 Å². The van der Waals surface area contributed by atoms with E-state index in [0.29, 0.717) is 13.0 Å². The van der Waals surface area contributed by atoms with Crippen LogP contribution in [0.5, 0.6) is 0 Å². The van der Waals surface area contributed by atoms with Crippen molar-refractivity contribution in [1.82, 2.24) is 4.98 Å². The minimum atomic E-state index is -0.337. The summed E-state index contributed by atoms with van der Waals surface area (Å²) in [7, 11) is 0. The number of rotatable bonds is 2. The second kappa shape index (κ2) is 4.18. The van der Waals surface area contributed by atoms with E-state index in [1.165, 1.54) is 0 Å². The molecule has 2 heterocycles. The van der Waals surface area contributed by atoms with Gasteiger partial charge in [-0.25, -0.2) is 0 Å². The SMILES string of the molecule is N#CCC1COC(c2ccncc2)O1. The predicted molar refractivity (Wildman–Crippen MR) is 48.0 cm³/mol. The van der Waals surface area contributed by atoms with E-state index in [0.717, 1.165) is 5.56 Å². The van der Waals surface area contributed by atoms with Gasteiger partial charge in [-0.2, -0.15) is 5.26 Å². The van der Waals surface area contributed by atoms with Crippen LogP contribution < -0.4 is 0 Å². The number of nitriles is 1. The molecule has 0 N–H and O–H groups in total. The highest BCUT2D eigenvalue weighted by atomic mass is 16.7. The summed E-state index contributed by atoms with van der Waals surface area (Å²) in [5.41, 5.74) is 0.945. The van der Waals surface area contributed by atoms with Gasteiger partial charge in [0.2, 0.25) is 0 Å². The summed E-state index contributed by atoms with van der Waals surface area (Å²) < 4.78 is 10.9. The van der Waals surface area contributed by atoms with Crippen LogP contribution in [-0.2, 0) is 9.47 Å². The quantitative estimate of drug-likeness (QED) is 0.707. The molecule has 14 heavy (non-hydrogen) atoms. The van der Waals surface area contributed by atoms with Gasteiger partial charge >= 0.3 is 0 Å². The zero-order chi connectivity index (χ0) is 9.80. The fraction of sp³-hybridized carbons (Fsp3) is 0.400. The van der Waals surface area contributed by atoms with Crippen molar-refractivity contribution in [1.29, 1.82) is 5.26 Å². The van der Waals surface area contributed by atoms with Gasteiger partial charge in [-0.1, -0.05) is 0 Å². The van der Waals surface area contributed by atoms with Crippen LogP contribution in [0, 0.1) is 11.3 Å². The van der Waals surface area contributed by atoms with Crippen LogP contribution in [0.15, 0.2) is 24.5 Å². The third kappa shape index (κ3) is 1.90. The van der Waals surface area contributed by atoms with E-state index in [2.05, 4.69) is 11.1 Å². The highest BCUT2D eigenvalue weighted by Gasteiger charge is 2.26. The maximum atomic E-state index is 8.49. The molecule has 2 atom stereocenters. The highest BCUT2D eigenvalue weighted by Crippen LogP contribution is 2.27. The van der Waals surface area contributed by atoms with Crippen LogP contribution in [0.2, 0.25) is 0 Å². The summed E-state index contributed by atoms with van der Waals surface area (Å²) in [5.74, 6) is 0. The molecule has 2 rings (SSSR count). The number of pyridine rings is 1. The van der Waals surface area contributed by atoms with E-state index < -0.39 is 0 Å². The molecule has 1 aliphatic heterocycles. The molecule has 0 bridgehead atoms. The van der Waals surface area contributed by atoms with Crippen LogP contribution in [0.3, 0.4) is 0 Å². The molecular formula is C10H10N2O2. The lowest BCUT2D eigenvalue weighted by atomic mass is 10.2. The molecule has 0 spiro atoms. The average Bonchev–Trinajstić information content (AvgIpc) is 2.68. The van der Waals surface area contributed by atoms with Gasteiger partial charge in [-0.05, 0) is 12.1 Å². The average molecular weight is 190 g/mol. The summed E-state index contributed by atoms with van der Waals surface area (Å²) in [6, 6.07) is 5.76. The Morgan fingerprint density at radius 3 is 3.00 bits per heavy atom. The van der Waals surface area contributed by atoms with Gasteiger partial charge in [-0.3, -0.25) is 4.98 Å². The molecule has 4 heteroatoms. The molecular weight excluding hydrogens is 180 g/mol. The smallest absolute Gasteiger partial charge is 0.184 e. The first-order valence-electron chi connectivity index (χ1n) is 4.44. The molecule has 1 aromatic rings. The van der Waals surface area contributed by atoms with Crippen molar-refractivity contribution < 1.29 is 9.47 Å². The Labute approximate surface area is 82.1 Å². The molecule has 0 saturated carbocycles. The Bertz CT molecular complexity index is 334. The summed E-state index contributed by atoms with van der Waals surface area (Å²) in [4.78, 5) is 3.91. The van der Waals surface area contributed by atoms with Crippen molar-refractivity contribution in [2.24, 2.45) is 0 Å². The second-order valence-electron chi connectivity index (χ2n) is 3.07. The summed E-state index contributed by atoms with van der Waals surface area (Å²) >= 11 is 0. The molecule has 1 saturated heterocycles. The maximum Gasteiger partial charge on any atom is 0.184 e. The zero-order valence-corrected chi connectivity index (χ0v) is 7.59. The molecule has 1 aliphatic rings. The van der Waals surface area contributed by atoms with E-state index in [4.69, 9.17) is 14.7 Å². The first-order chi connectivity index (χ1) is 6.90. The summed E-state index contributed by atoms with van der Waals surface area (Å²) in [6.07, 6.45) is 3.33. The first kappa shape index (κ1) is 9.13. The van der Waals surface area contributed by atoms with Gasteiger partial charge < -0.3 is 9.47 Å². The van der Waals surface area contributed by atoms with E-state index >= 15 is 0 Å². The van der Waals surface area contributed by atoms with Crippen molar-refractivity contribution in [2.45, 2.75) is 18.8 Å². The van der Waals surface area contributed by atoms with Crippen LogP contribution in [0.1, 0.15) is 18.3 Å². The molecule has 1 aromatic heterocycles. The van der Waals surface area contributed by atoms with Crippen molar-refractivity contribution in [2.75, 3.05) is 6.61 Å². The van der Waals surface area contributed by atoms with Crippen molar-refractivity contribution in [3.63, 3.8) is 0 Å². The Kier molecular flexibility index (Phi) is 2.73. The molecule has 0 aliphatic carbocycles.